The van der Waals surface area contributed by atoms with Crippen molar-refractivity contribution in [2.24, 2.45) is 0 Å². The highest BCUT2D eigenvalue weighted by atomic mass is 35.5. The summed E-state index contributed by atoms with van der Waals surface area (Å²) in [7, 11) is 1.81. The van der Waals surface area contributed by atoms with E-state index in [9.17, 15) is 10.1 Å². The van der Waals surface area contributed by atoms with Gasteiger partial charge in [-0.1, -0.05) is 17.7 Å². The van der Waals surface area contributed by atoms with E-state index in [0.717, 1.165) is 67.7 Å². The molecule has 0 radical (unpaired) electrons. The molecule has 2 aromatic carbocycles. The Kier molecular flexibility index (Phi) is 7.21. The minimum Gasteiger partial charge on any atom is -0.461 e. The van der Waals surface area contributed by atoms with Crippen molar-refractivity contribution in [1.82, 2.24) is 19.8 Å². The number of nitrogen functional groups attached to an aromatic ring is 1. The lowest BCUT2D eigenvalue weighted by molar-refractivity contribution is -0.132. The van der Waals surface area contributed by atoms with Crippen LogP contribution in [0.5, 0.6) is 6.01 Å². The third-order valence-electron chi connectivity index (χ3n) is 10.2. The molecular formula is C33H33ClFN7O3S. The van der Waals surface area contributed by atoms with Gasteiger partial charge in [0, 0.05) is 24.5 Å². The van der Waals surface area contributed by atoms with Gasteiger partial charge >= 0.3 is 6.01 Å². The summed E-state index contributed by atoms with van der Waals surface area (Å²) in [6.07, 6.45) is 5.93. The summed E-state index contributed by atoms with van der Waals surface area (Å²) in [4.78, 5) is 27.2. The number of hydrogen-bond acceptors (Lipinski definition) is 10. The number of likely N-dealkylation sites (N-methyl/N-ethyl adjacent to an activating group) is 1. The number of carbonyl (C=O) groups is 1. The van der Waals surface area contributed by atoms with E-state index < -0.39 is 11.9 Å². The van der Waals surface area contributed by atoms with E-state index >= 15 is 4.39 Å². The second-order valence-electron chi connectivity index (χ2n) is 12.8. The standard InChI is InChI=1S/C33H33ClFN7O3S/c1-41-10-2-5-22(31(41)43)38-30-25-20-15-44-14-19(20)23(17-6-7-21(35)28-24(17)18(13-36)29(37)46-28)26(34)27(25)39-32(40-30)45-16-33-8-3-11-42(33)12-4-9-33/h6-7,22H,2-5,8-12,14-16,37H2,1H3,(H,38,39,40)/t22-/m1/s1. The number of amides is 1. The van der Waals surface area contributed by atoms with E-state index in [1.807, 2.05) is 7.05 Å². The predicted molar refractivity (Wildman–Crippen MR) is 175 cm³/mol. The molecule has 46 heavy (non-hydrogen) atoms. The summed E-state index contributed by atoms with van der Waals surface area (Å²) in [6, 6.07) is 4.88. The van der Waals surface area contributed by atoms with E-state index in [4.69, 9.17) is 36.8 Å². The van der Waals surface area contributed by atoms with Gasteiger partial charge in [-0.15, -0.1) is 11.3 Å². The van der Waals surface area contributed by atoms with Crippen LogP contribution >= 0.6 is 22.9 Å². The molecule has 3 N–H and O–H groups in total. The quantitative estimate of drug-likeness (QED) is 0.262. The van der Waals surface area contributed by atoms with E-state index in [1.165, 1.54) is 6.07 Å². The Morgan fingerprint density at radius 3 is 2.76 bits per heavy atom. The molecule has 10 nitrogen and oxygen atoms in total. The number of thiophene rings is 1. The number of carbonyl (C=O) groups excluding carboxylic acids is 1. The molecule has 3 saturated heterocycles. The van der Waals surface area contributed by atoms with E-state index in [-0.39, 0.29) is 41.2 Å². The van der Waals surface area contributed by atoms with Crippen molar-refractivity contribution in [1.29, 1.82) is 5.26 Å². The van der Waals surface area contributed by atoms with Crippen molar-refractivity contribution >= 4 is 60.7 Å². The Morgan fingerprint density at radius 1 is 1.20 bits per heavy atom. The maximum absolute atomic E-state index is 15.0. The molecule has 4 aromatic rings. The maximum atomic E-state index is 15.0. The highest BCUT2D eigenvalue weighted by Crippen LogP contribution is 2.49. The molecule has 3 fully saturated rings. The van der Waals surface area contributed by atoms with Crippen molar-refractivity contribution in [3.63, 3.8) is 0 Å². The van der Waals surface area contributed by atoms with Crippen LogP contribution in [0.3, 0.4) is 0 Å². The Hall–Kier alpha value is -3.76. The molecule has 4 aliphatic heterocycles. The minimum atomic E-state index is -0.469. The van der Waals surface area contributed by atoms with Gasteiger partial charge in [0.2, 0.25) is 5.91 Å². The van der Waals surface area contributed by atoms with Crippen molar-refractivity contribution < 1.29 is 18.7 Å². The van der Waals surface area contributed by atoms with Crippen LogP contribution in [-0.2, 0) is 22.7 Å². The topological polar surface area (TPSA) is 130 Å². The Balaban J connectivity index is 1.33. The van der Waals surface area contributed by atoms with Gasteiger partial charge in [-0.25, -0.2) is 4.39 Å². The number of piperidine rings is 1. The number of rotatable bonds is 6. The third-order valence-corrected chi connectivity index (χ3v) is 11.6. The van der Waals surface area contributed by atoms with Gasteiger partial charge in [0.15, 0.2) is 0 Å². The van der Waals surface area contributed by atoms with Crippen LogP contribution in [0.2, 0.25) is 5.02 Å². The zero-order chi connectivity index (χ0) is 31.7. The molecule has 0 unspecified atom stereocenters. The molecule has 0 spiro atoms. The van der Waals surface area contributed by atoms with Crippen LogP contribution in [-0.4, -0.2) is 70.5 Å². The number of aromatic nitrogens is 2. The van der Waals surface area contributed by atoms with Gasteiger partial charge in [0.25, 0.3) is 0 Å². The zero-order valence-corrected chi connectivity index (χ0v) is 27.0. The van der Waals surface area contributed by atoms with Crippen molar-refractivity contribution in [3.05, 3.63) is 39.7 Å². The van der Waals surface area contributed by atoms with Crippen LogP contribution < -0.4 is 15.8 Å². The van der Waals surface area contributed by atoms with Gasteiger partial charge in [0.1, 0.15) is 35.4 Å². The summed E-state index contributed by atoms with van der Waals surface area (Å²) in [5, 5.41) is 15.1. The van der Waals surface area contributed by atoms with Crippen molar-refractivity contribution in [2.75, 3.05) is 44.3 Å². The van der Waals surface area contributed by atoms with Crippen molar-refractivity contribution in [3.8, 4) is 23.2 Å². The number of nitrogens with zero attached hydrogens (tertiary/aromatic N) is 5. The van der Waals surface area contributed by atoms with Crippen LogP contribution in [0.15, 0.2) is 12.1 Å². The first kappa shape index (κ1) is 29.6. The summed E-state index contributed by atoms with van der Waals surface area (Å²) < 4.78 is 27.8. The van der Waals surface area contributed by atoms with E-state index in [0.29, 0.717) is 62.5 Å². The average Bonchev–Trinajstić information content (AvgIpc) is 3.83. The molecule has 8 rings (SSSR count). The number of nitriles is 1. The highest BCUT2D eigenvalue weighted by molar-refractivity contribution is 7.23. The number of fused-ring (bicyclic) bond motifs is 5. The fraction of sp³-hybridized carbons (Fsp3) is 0.455. The van der Waals surface area contributed by atoms with Crippen LogP contribution in [0.4, 0.5) is 15.2 Å². The second-order valence-corrected chi connectivity index (χ2v) is 14.2. The van der Waals surface area contributed by atoms with Crippen LogP contribution in [0, 0.1) is 17.1 Å². The van der Waals surface area contributed by atoms with E-state index in [2.05, 4.69) is 16.3 Å². The number of ether oxygens (including phenoxy) is 2. The first-order valence-electron chi connectivity index (χ1n) is 15.7. The van der Waals surface area contributed by atoms with Crippen LogP contribution in [0.1, 0.15) is 55.2 Å². The van der Waals surface area contributed by atoms with Gasteiger partial charge < -0.3 is 25.4 Å². The summed E-state index contributed by atoms with van der Waals surface area (Å²) in [5.74, 6) is 0.00808. The first-order valence-corrected chi connectivity index (χ1v) is 16.9. The number of likely N-dealkylation sites (tertiary alicyclic amines) is 1. The molecular weight excluding hydrogens is 629 g/mol. The van der Waals surface area contributed by atoms with Gasteiger partial charge in [-0.2, -0.15) is 15.2 Å². The lowest BCUT2D eigenvalue weighted by atomic mass is 9.91. The summed E-state index contributed by atoms with van der Waals surface area (Å²) in [6.45, 7) is 3.82. The number of benzene rings is 2. The molecule has 13 heteroatoms. The Bertz CT molecular complexity index is 1970. The Morgan fingerprint density at radius 2 is 1.98 bits per heavy atom. The third kappa shape index (κ3) is 4.51. The van der Waals surface area contributed by atoms with Crippen molar-refractivity contribution in [2.45, 2.75) is 63.3 Å². The molecule has 1 atom stereocenters. The number of nitrogens with one attached hydrogen (secondary N) is 1. The zero-order valence-electron chi connectivity index (χ0n) is 25.4. The summed E-state index contributed by atoms with van der Waals surface area (Å²) in [5.41, 5.74) is 9.64. The molecule has 4 aliphatic rings. The smallest absolute Gasteiger partial charge is 0.319 e. The number of halogens is 2. The highest BCUT2D eigenvalue weighted by Gasteiger charge is 2.45. The van der Waals surface area contributed by atoms with Gasteiger partial charge in [0.05, 0.1) is 44.9 Å². The second kappa shape index (κ2) is 11.2. The van der Waals surface area contributed by atoms with Gasteiger partial charge in [-0.3, -0.25) is 9.69 Å². The Labute approximate surface area is 274 Å². The average molecular weight is 662 g/mol. The summed E-state index contributed by atoms with van der Waals surface area (Å²) >= 11 is 8.38. The molecule has 0 saturated carbocycles. The normalized spacial score (nSPS) is 20.8. The largest absolute Gasteiger partial charge is 0.461 e. The van der Waals surface area contributed by atoms with E-state index in [1.54, 1.807) is 11.0 Å². The lowest BCUT2D eigenvalue weighted by Gasteiger charge is -2.32. The fourth-order valence-electron chi connectivity index (χ4n) is 7.96. The number of anilines is 2. The lowest BCUT2D eigenvalue weighted by Crippen LogP contribution is -2.45. The molecule has 238 valence electrons. The molecule has 6 heterocycles. The first-order chi connectivity index (χ1) is 22.3. The molecule has 0 bridgehead atoms. The molecule has 2 aromatic heterocycles. The fourth-order valence-corrected chi connectivity index (χ4v) is 9.26. The molecule has 0 aliphatic carbocycles. The predicted octanol–water partition coefficient (Wildman–Crippen LogP) is 5.83. The van der Waals surface area contributed by atoms with Gasteiger partial charge in [-0.05, 0) is 74.4 Å². The molecule has 1 amide bonds. The monoisotopic (exact) mass is 661 g/mol. The van der Waals surface area contributed by atoms with Crippen LogP contribution in [0.25, 0.3) is 32.1 Å². The number of hydrogen-bond donors (Lipinski definition) is 2. The number of nitrogens with two attached hydrogens (primary N) is 1. The maximum Gasteiger partial charge on any atom is 0.319 e. The SMILES string of the molecule is CN1CCC[C@@H](Nc2nc(OCC34CCCN3CCC4)nc3c(Cl)c(-c4ccc(F)c5sc(N)c(C#N)c45)c4c(c23)COC4)C1=O. The minimum absolute atomic E-state index is 0.00433.